The van der Waals surface area contributed by atoms with E-state index in [1.165, 1.54) is 13.8 Å². The third kappa shape index (κ3) is 12.4. The molecule has 27 heavy (non-hydrogen) atoms. The van der Waals surface area contributed by atoms with Gasteiger partial charge < -0.3 is 29.7 Å². The number of amides is 4. The Balaban J connectivity index is 4.62. The van der Waals surface area contributed by atoms with Crippen LogP contribution < -0.4 is 22.1 Å². The lowest BCUT2D eigenvalue weighted by Crippen LogP contribution is -2.44. The molecule has 0 saturated carbocycles. The van der Waals surface area contributed by atoms with Gasteiger partial charge in [0.15, 0.2) is 0 Å². The highest BCUT2D eigenvalue weighted by molar-refractivity contribution is 6.26. The summed E-state index contributed by atoms with van der Waals surface area (Å²) in [5.74, 6) is -4.17. The van der Waals surface area contributed by atoms with Crippen LogP contribution in [0.5, 0.6) is 0 Å². The maximum atomic E-state index is 11.9. The number of rotatable bonds is 12. The zero-order valence-corrected chi connectivity index (χ0v) is 16.1. The first kappa shape index (κ1) is 24.4. The van der Waals surface area contributed by atoms with Crippen LogP contribution in [0.3, 0.4) is 0 Å². The third-order valence-electron chi connectivity index (χ3n) is 3.01. The van der Waals surface area contributed by atoms with Gasteiger partial charge in [-0.25, -0.2) is 0 Å². The molecule has 0 aliphatic rings. The van der Waals surface area contributed by atoms with E-state index in [-0.39, 0.29) is 25.7 Å². The molecular weight excluding hydrogens is 379 g/mol. The van der Waals surface area contributed by atoms with Crippen LogP contribution in [0.1, 0.15) is 39.5 Å². The SMILES string of the molecule is CC(=O)N[C@@H](CCC(N)=O)C(=O)[O][Al][O]C(=O)[C@H](CCC(N)=O)NC(C)=O. The molecule has 0 saturated heterocycles. The summed E-state index contributed by atoms with van der Waals surface area (Å²) in [7, 11) is 0. The second-order valence-electron chi connectivity index (χ2n) is 5.49. The van der Waals surface area contributed by atoms with Crippen LogP contribution in [0.15, 0.2) is 0 Å². The van der Waals surface area contributed by atoms with Crippen molar-refractivity contribution in [3.8, 4) is 0 Å². The summed E-state index contributed by atoms with van der Waals surface area (Å²) >= 11 is -1.60. The van der Waals surface area contributed by atoms with Gasteiger partial charge in [-0.15, -0.1) is 0 Å². The number of primary amides is 2. The molecule has 0 aromatic carbocycles. The molecule has 0 rings (SSSR count). The zero-order chi connectivity index (χ0) is 21.0. The molecule has 1 radical (unpaired) electrons. The van der Waals surface area contributed by atoms with Crippen LogP contribution in [0.4, 0.5) is 0 Å². The highest BCUT2D eigenvalue weighted by Gasteiger charge is 2.27. The fourth-order valence-electron chi connectivity index (χ4n) is 1.84. The molecule has 0 heterocycles. The van der Waals surface area contributed by atoms with Crippen molar-refractivity contribution in [1.29, 1.82) is 0 Å². The predicted octanol–water partition coefficient (Wildman–Crippen LogP) is -2.85. The molecule has 13 heteroatoms. The Morgan fingerprint density at radius 2 is 1.11 bits per heavy atom. The van der Waals surface area contributed by atoms with Crippen molar-refractivity contribution in [2.24, 2.45) is 11.5 Å². The lowest BCUT2D eigenvalue weighted by Gasteiger charge is -2.18. The predicted molar refractivity (Wildman–Crippen MR) is 90.0 cm³/mol. The van der Waals surface area contributed by atoms with Crippen LogP contribution >= 0.6 is 0 Å². The van der Waals surface area contributed by atoms with E-state index in [1.54, 1.807) is 0 Å². The van der Waals surface area contributed by atoms with Crippen molar-refractivity contribution in [2.45, 2.75) is 51.6 Å². The largest absolute Gasteiger partial charge is 0.885 e. The number of nitrogens with one attached hydrogen (secondary N) is 2. The number of carbonyl (C=O) groups is 6. The van der Waals surface area contributed by atoms with Crippen LogP contribution in [0.2, 0.25) is 0 Å². The van der Waals surface area contributed by atoms with Crippen molar-refractivity contribution >= 4 is 51.5 Å². The highest BCUT2D eigenvalue weighted by Crippen LogP contribution is 2.02. The molecule has 0 aromatic rings. The maximum Gasteiger partial charge on any atom is 0.885 e. The van der Waals surface area contributed by atoms with Crippen molar-refractivity contribution in [3.63, 3.8) is 0 Å². The summed E-state index contributed by atoms with van der Waals surface area (Å²) in [6, 6.07) is -2.25. The number of hydrogen-bond acceptors (Lipinski definition) is 8. The lowest BCUT2D eigenvalue weighted by molar-refractivity contribution is -0.144. The van der Waals surface area contributed by atoms with Gasteiger partial charge in [-0.3, -0.25) is 28.8 Å². The summed E-state index contributed by atoms with van der Waals surface area (Å²) in [5.41, 5.74) is 10.00. The van der Waals surface area contributed by atoms with E-state index in [0.29, 0.717) is 0 Å². The summed E-state index contributed by atoms with van der Waals surface area (Å²) in [5, 5.41) is 4.60. The van der Waals surface area contributed by atoms with Gasteiger partial charge in [0, 0.05) is 26.7 Å². The highest BCUT2D eigenvalue weighted by atomic mass is 27.2. The van der Waals surface area contributed by atoms with Crippen molar-refractivity contribution in [2.75, 3.05) is 0 Å². The van der Waals surface area contributed by atoms with E-state index < -0.39 is 63.5 Å². The molecule has 149 valence electrons. The Labute approximate surface area is 162 Å². The third-order valence-corrected chi connectivity index (χ3v) is 3.67. The van der Waals surface area contributed by atoms with Crippen LogP contribution in [-0.4, -0.2) is 63.5 Å². The number of nitrogens with two attached hydrogens (primary N) is 2. The Morgan fingerprint density at radius 3 is 1.37 bits per heavy atom. The van der Waals surface area contributed by atoms with Gasteiger partial charge >= 0.3 is 15.9 Å². The van der Waals surface area contributed by atoms with E-state index in [1.807, 2.05) is 0 Å². The average molecular weight is 401 g/mol. The van der Waals surface area contributed by atoms with Crippen LogP contribution in [-0.2, 0) is 36.3 Å². The summed E-state index contributed by atoms with van der Waals surface area (Å²) in [6.45, 7) is 2.35. The molecule has 0 aliphatic heterocycles. The normalized spacial score (nSPS) is 12.1. The quantitative estimate of drug-likeness (QED) is 0.250. The minimum atomic E-state index is -1.60. The smallest absolute Gasteiger partial charge is 0.588 e. The van der Waals surface area contributed by atoms with Crippen molar-refractivity contribution in [3.05, 3.63) is 0 Å². The molecule has 12 nitrogen and oxygen atoms in total. The molecule has 0 spiro atoms. The van der Waals surface area contributed by atoms with Gasteiger partial charge in [-0.05, 0) is 12.8 Å². The standard InChI is InChI=1S/2C7H12N2O4.Al/c2*1-4(10)9-5(7(12)13)2-3-6(8)11;/h2*5H,2-3H2,1H3,(H2,8,11)(H,9,10)(H,12,13);/q;;+2/p-2/t2*5-;/m00./s1. The first-order valence-corrected chi connectivity index (χ1v) is 8.80. The molecule has 0 bridgehead atoms. The van der Waals surface area contributed by atoms with Gasteiger partial charge in [-0.2, -0.15) is 0 Å². The second-order valence-corrected chi connectivity index (χ2v) is 6.15. The van der Waals surface area contributed by atoms with E-state index in [2.05, 4.69) is 10.6 Å². The molecular formula is C14H22AlN4O8. The van der Waals surface area contributed by atoms with E-state index in [0.717, 1.165) is 0 Å². The number of carbonyl (C=O) groups excluding carboxylic acids is 6. The maximum absolute atomic E-state index is 11.9. The van der Waals surface area contributed by atoms with Gasteiger partial charge in [0.05, 0.1) is 0 Å². The summed E-state index contributed by atoms with van der Waals surface area (Å²) < 4.78 is 9.64. The van der Waals surface area contributed by atoms with E-state index in [4.69, 9.17) is 19.0 Å². The van der Waals surface area contributed by atoms with Gasteiger partial charge in [0.25, 0.3) is 11.9 Å². The molecule has 0 unspecified atom stereocenters. The van der Waals surface area contributed by atoms with Crippen molar-refractivity contribution < 1.29 is 36.3 Å². The van der Waals surface area contributed by atoms with E-state index in [9.17, 15) is 28.8 Å². The topological polar surface area (TPSA) is 197 Å². The molecule has 0 aromatic heterocycles. The monoisotopic (exact) mass is 401 g/mol. The van der Waals surface area contributed by atoms with Crippen molar-refractivity contribution in [1.82, 2.24) is 10.6 Å². The Hall–Kier alpha value is -2.65. The van der Waals surface area contributed by atoms with Crippen LogP contribution in [0.25, 0.3) is 0 Å². The average Bonchev–Trinajstić information content (AvgIpc) is 2.53. The molecule has 2 atom stereocenters. The minimum Gasteiger partial charge on any atom is -0.588 e. The van der Waals surface area contributed by atoms with Gasteiger partial charge in [-0.1, -0.05) is 0 Å². The minimum absolute atomic E-state index is 0.0751. The lowest BCUT2D eigenvalue weighted by atomic mass is 10.1. The Morgan fingerprint density at radius 1 is 0.778 bits per heavy atom. The van der Waals surface area contributed by atoms with Crippen LogP contribution in [0, 0.1) is 0 Å². The van der Waals surface area contributed by atoms with Gasteiger partial charge in [0.1, 0.15) is 12.1 Å². The Kier molecular flexibility index (Phi) is 11.4. The Bertz CT molecular complexity index is 548. The fraction of sp³-hybridized carbons (Fsp3) is 0.571. The molecule has 0 fully saturated rings. The summed E-state index contributed by atoms with van der Waals surface area (Å²) in [4.78, 5) is 67.7. The zero-order valence-electron chi connectivity index (χ0n) is 15.0. The van der Waals surface area contributed by atoms with Gasteiger partial charge in [0.2, 0.25) is 23.6 Å². The summed E-state index contributed by atoms with van der Waals surface area (Å²) in [6.07, 6.45) is -0.470. The fourth-order valence-corrected chi connectivity index (χ4v) is 2.41. The number of hydrogen-bond donors (Lipinski definition) is 4. The molecule has 4 amide bonds. The first-order chi connectivity index (χ1) is 12.5. The molecule has 0 aliphatic carbocycles. The second kappa shape index (κ2) is 12.7. The first-order valence-electron chi connectivity index (χ1n) is 7.86. The van der Waals surface area contributed by atoms with E-state index >= 15 is 0 Å². The molecule has 6 N–H and O–H groups in total.